The van der Waals surface area contributed by atoms with E-state index in [2.05, 4.69) is 15.4 Å². The van der Waals surface area contributed by atoms with E-state index in [1.165, 1.54) is 13.2 Å². The molecule has 2 aromatic heterocycles. The first-order chi connectivity index (χ1) is 13.9. The van der Waals surface area contributed by atoms with Crippen molar-refractivity contribution < 1.29 is 18.3 Å². The number of aromatic nitrogens is 3. The zero-order valence-electron chi connectivity index (χ0n) is 15.0. The third-order valence-corrected chi connectivity index (χ3v) is 4.53. The summed E-state index contributed by atoms with van der Waals surface area (Å²) in [5.41, 5.74) is 2.17. The fourth-order valence-corrected chi connectivity index (χ4v) is 2.89. The van der Waals surface area contributed by atoms with E-state index >= 15 is 0 Å². The van der Waals surface area contributed by atoms with E-state index in [0.717, 1.165) is 12.1 Å². The van der Waals surface area contributed by atoms with E-state index in [9.17, 15) is 13.6 Å². The molecule has 0 saturated heterocycles. The van der Waals surface area contributed by atoms with Crippen LogP contribution in [0.3, 0.4) is 0 Å². The molecule has 9 heteroatoms. The van der Waals surface area contributed by atoms with Gasteiger partial charge in [0.25, 0.3) is 5.91 Å². The second-order valence-corrected chi connectivity index (χ2v) is 6.49. The van der Waals surface area contributed by atoms with Crippen molar-refractivity contribution in [3.05, 3.63) is 76.9 Å². The fourth-order valence-electron chi connectivity index (χ4n) is 2.72. The van der Waals surface area contributed by atoms with Gasteiger partial charge >= 0.3 is 0 Å². The number of imidazole rings is 1. The number of nitrogens with one attached hydrogen (secondary N) is 1. The Labute approximate surface area is 168 Å². The zero-order chi connectivity index (χ0) is 20.5. The molecule has 4 aromatic rings. The number of nitrogens with zero attached hydrogens (tertiary/aromatic N) is 3. The molecule has 2 aromatic carbocycles. The molecule has 146 valence electrons. The van der Waals surface area contributed by atoms with Crippen LogP contribution in [0, 0.1) is 11.6 Å². The molecule has 0 aliphatic carbocycles. The van der Waals surface area contributed by atoms with Crippen LogP contribution in [0.4, 0.5) is 14.5 Å². The Morgan fingerprint density at radius 2 is 1.93 bits per heavy atom. The van der Waals surface area contributed by atoms with Crippen molar-refractivity contribution in [2.75, 3.05) is 12.4 Å². The lowest BCUT2D eigenvalue weighted by Gasteiger charge is -2.09. The monoisotopic (exact) mass is 414 g/mol. The quantitative estimate of drug-likeness (QED) is 0.530. The van der Waals surface area contributed by atoms with Crippen LogP contribution < -0.4 is 10.1 Å². The van der Waals surface area contributed by atoms with E-state index in [0.29, 0.717) is 28.5 Å². The Balaban J connectivity index is 1.65. The molecule has 0 bridgehead atoms. The van der Waals surface area contributed by atoms with E-state index in [1.54, 1.807) is 41.0 Å². The van der Waals surface area contributed by atoms with Crippen LogP contribution in [-0.4, -0.2) is 27.6 Å². The highest BCUT2D eigenvalue weighted by Gasteiger charge is 2.14. The van der Waals surface area contributed by atoms with Crippen LogP contribution in [0.25, 0.3) is 16.9 Å². The molecule has 0 unspecified atom stereocenters. The molecule has 6 nitrogen and oxygen atoms in total. The van der Waals surface area contributed by atoms with Crippen molar-refractivity contribution in [2.45, 2.75) is 0 Å². The highest BCUT2D eigenvalue weighted by molar-refractivity contribution is 6.34. The summed E-state index contributed by atoms with van der Waals surface area (Å²) in [6.45, 7) is 0. The number of fused-ring (bicyclic) bond motifs is 1. The minimum absolute atomic E-state index is 0.0330. The third kappa shape index (κ3) is 3.74. The molecule has 1 amide bonds. The van der Waals surface area contributed by atoms with Gasteiger partial charge in [0, 0.05) is 17.2 Å². The van der Waals surface area contributed by atoms with Crippen molar-refractivity contribution in [3.63, 3.8) is 0 Å². The molecule has 0 radical (unpaired) electrons. The number of rotatable bonds is 4. The van der Waals surface area contributed by atoms with Gasteiger partial charge in [0.15, 0.2) is 17.3 Å². The van der Waals surface area contributed by atoms with Crippen molar-refractivity contribution in [1.82, 2.24) is 14.6 Å². The topological polar surface area (TPSA) is 68.5 Å². The van der Waals surface area contributed by atoms with E-state index in [-0.39, 0.29) is 10.6 Å². The fraction of sp³-hybridized carbons (Fsp3) is 0.0500. The Bertz CT molecular complexity index is 1240. The Morgan fingerprint density at radius 3 is 2.69 bits per heavy atom. The van der Waals surface area contributed by atoms with Gasteiger partial charge in [-0.2, -0.15) is 0 Å². The van der Waals surface area contributed by atoms with Crippen LogP contribution in [0.5, 0.6) is 5.88 Å². The summed E-state index contributed by atoms with van der Waals surface area (Å²) in [5.74, 6) is -2.31. The van der Waals surface area contributed by atoms with Crippen molar-refractivity contribution in [3.8, 4) is 17.1 Å². The lowest BCUT2D eigenvalue weighted by molar-refractivity contribution is 0.102. The maximum atomic E-state index is 13.4. The molecule has 0 spiro atoms. The lowest BCUT2D eigenvalue weighted by Crippen LogP contribution is -2.12. The Morgan fingerprint density at radius 1 is 1.10 bits per heavy atom. The summed E-state index contributed by atoms with van der Waals surface area (Å²) in [6, 6.07) is 11.3. The first-order valence-corrected chi connectivity index (χ1v) is 8.79. The van der Waals surface area contributed by atoms with E-state index in [4.69, 9.17) is 16.3 Å². The minimum atomic E-state index is -1.11. The van der Waals surface area contributed by atoms with Gasteiger partial charge in [0.2, 0.25) is 5.88 Å². The number of carbonyl (C=O) groups is 1. The van der Waals surface area contributed by atoms with E-state index < -0.39 is 17.5 Å². The smallest absolute Gasteiger partial charge is 0.255 e. The van der Waals surface area contributed by atoms with Gasteiger partial charge in [0.1, 0.15) is 0 Å². The summed E-state index contributed by atoms with van der Waals surface area (Å²) in [5, 5.41) is 7.14. The van der Waals surface area contributed by atoms with Gasteiger partial charge in [-0.25, -0.2) is 18.3 Å². The predicted octanol–water partition coefficient (Wildman–Crippen LogP) is 4.59. The van der Waals surface area contributed by atoms with Gasteiger partial charge in [0.05, 0.1) is 29.7 Å². The Hall–Kier alpha value is -3.52. The van der Waals surface area contributed by atoms with E-state index in [1.807, 2.05) is 0 Å². The van der Waals surface area contributed by atoms with Crippen molar-refractivity contribution >= 4 is 28.8 Å². The van der Waals surface area contributed by atoms with Crippen LogP contribution in [0.15, 0.2) is 54.7 Å². The molecule has 0 atom stereocenters. The second kappa shape index (κ2) is 7.48. The summed E-state index contributed by atoms with van der Waals surface area (Å²) >= 11 is 6.19. The first-order valence-electron chi connectivity index (χ1n) is 8.41. The molecule has 29 heavy (non-hydrogen) atoms. The molecule has 0 fully saturated rings. The lowest BCUT2D eigenvalue weighted by atomic mass is 10.1. The number of benzene rings is 2. The highest BCUT2D eigenvalue weighted by atomic mass is 35.5. The average molecular weight is 415 g/mol. The Kier molecular flexibility index (Phi) is 4.85. The SMILES string of the molecule is COc1ccc2nc(-c3ccc(Cl)c(NC(=O)c4ccc(F)c(F)c4)c3)cn2n1. The van der Waals surface area contributed by atoms with Crippen molar-refractivity contribution in [1.29, 1.82) is 0 Å². The summed E-state index contributed by atoms with van der Waals surface area (Å²) < 4.78 is 33.1. The molecule has 2 heterocycles. The summed E-state index contributed by atoms with van der Waals surface area (Å²) in [6.07, 6.45) is 1.71. The molecule has 0 aliphatic heterocycles. The average Bonchev–Trinajstić information content (AvgIpc) is 3.14. The van der Waals surface area contributed by atoms with Gasteiger partial charge in [-0.05, 0) is 36.4 Å². The molecule has 4 rings (SSSR count). The number of anilines is 1. The number of methoxy groups -OCH3 is 1. The highest BCUT2D eigenvalue weighted by Crippen LogP contribution is 2.29. The number of hydrogen-bond donors (Lipinski definition) is 1. The van der Waals surface area contributed by atoms with Crippen LogP contribution in [0.2, 0.25) is 5.02 Å². The van der Waals surface area contributed by atoms with Crippen molar-refractivity contribution in [2.24, 2.45) is 0 Å². The molecular weight excluding hydrogens is 402 g/mol. The number of halogens is 3. The number of carbonyl (C=O) groups excluding carboxylic acids is 1. The molecule has 0 saturated carbocycles. The standard InChI is InChI=1S/C20H13ClF2N4O2/c1-29-19-7-6-18-24-17(10-27(18)26-19)11-2-4-13(21)16(9-11)25-20(28)12-3-5-14(22)15(23)8-12/h2-10H,1H3,(H,25,28). The second-order valence-electron chi connectivity index (χ2n) is 6.08. The van der Waals surface area contributed by atoms with Crippen LogP contribution in [0.1, 0.15) is 10.4 Å². The van der Waals surface area contributed by atoms with Crippen LogP contribution >= 0.6 is 11.6 Å². The maximum absolute atomic E-state index is 13.4. The van der Waals surface area contributed by atoms with Crippen LogP contribution in [-0.2, 0) is 0 Å². The molecule has 0 aliphatic rings. The first kappa shape index (κ1) is 18.8. The number of ether oxygens (including phenoxy) is 1. The zero-order valence-corrected chi connectivity index (χ0v) is 15.7. The number of amides is 1. The predicted molar refractivity (Wildman–Crippen MR) is 104 cm³/mol. The minimum Gasteiger partial charge on any atom is -0.480 e. The summed E-state index contributed by atoms with van der Waals surface area (Å²) in [4.78, 5) is 16.9. The van der Waals surface area contributed by atoms with Gasteiger partial charge in [-0.15, -0.1) is 5.10 Å². The number of hydrogen-bond acceptors (Lipinski definition) is 4. The van der Waals surface area contributed by atoms with Gasteiger partial charge in [-0.3, -0.25) is 4.79 Å². The van der Waals surface area contributed by atoms with Gasteiger partial charge in [-0.1, -0.05) is 17.7 Å². The largest absolute Gasteiger partial charge is 0.480 e. The molecule has 1 N–H and O–H groups in total. The summed E-state index contributed by atoms with van der Waals surface area (Å²) in [7, 11) is 1.52. The molecular formula is C20H13ClF2N4O2. The van der Waals surface area contributed by atoms with Gasteiger partial charge < -0.3 is 10.1 Å². The third-order valence-electron chi connectivity index (χ3n) is 4.20. The maximum Gasteiger partial charge on any atom is 0.255 e. The normalized spacial score (nSPS) is 10.9.